The number of aromatic nitrogens is 2. The first-order valence-electron chi connectivity index (χ1n) is 6.15. The van der Waals surface area contributed by atoms with E-state index in [4.69, 9.17) is 0 Å². The predicted octanol–water partition coefficient (Wildman–Crippen LogP) is 2.60. The van der Waals surface area contributed by atoms with E-state index in [2.05, 4.69) is 11.1 Å². The molecule has 0 atom stereocenters. The molecule has 0 saturated heterocycles. The van der Waals surface area contributed by atoms with Crippen LogP contribution in [0, 0.1) is 0 Å². The van der Waals surface area contributed by atoms with Gasteiger partial charge in [0.2, 0.25) is 0 Å². The second-order valence-corrected chi connectivity index (χ2v) is 5.43. The molecule has 0 N–H and O–H groups in total. The summed E-state index contributed by atoms with van der Waals surface area (Å²) >= 11 is 1.53. The van der Waals surface area contributed by atoms with Gasteiger partial charge in [-0.3, -0.25) is 9.20 Å². The zero-order chi connectivity index (χ0) is 12.8. The van der Waals surface area contributed by atoms with Crippen molar-refractivity contribution >= 4 is 27.9 Å². The van der Waals surface area contributed by atoms with Crippen LogP contribution < -0.4 is 4.90 Å². The van der Waals surface area contributed by atoms with E-state index >= 15 is 0 Å². The molecule has 4 nitrogen and oxygen atoms in total. The number of hydrogen-bond donors (Lipinski definition) is 0. The minimum atomic E-state index is -0.0131. The maximum absolute atomic E-state index is 12.5. The van der Waals surface area contributed by atoms with Gasteiger partial charge >= 0.3 is 0 Å². The third kappa shape index (κ3) is 1.58. The van der Waals surface area contributed by atoms with Gasteiger partial charge in [0.15, 0.2) is 4.96 Å². The summed E-state index contributed by atoms with van der Waals surface area (Å²) in [6.07, 6.45) is 4.64. The molecule has 0 bridgehead atoms. The highest BCUT2D eigenvalue weighted by atomic mass is 32.1. The number of para-hydroxylation sites is 1. The smallest absolute Gasteiger partial charge is 0.278 e. The van der Waals surface area contributed by atoms with E-state index < -0.39 is 0 Å². The molecule has 0 saturated carbocycles. The van der Waals surface area contributed by atoms with Gasteiger partial charge in [-0.2, -0.15) is 0 Å². The largest absolute Gasteiger partial charge is 0.306 e. The normalized spacial score (nSPS) is 14.0. The number of thiazole rings is 1. The standard InChI is InChI=1S/C14H11N3OS/c18-13(11-9-16-7-8-19-14(16)15-11)17-6-5-10-3-1-2-4-12(10)17/h1-4,7-9H,5-6H2. The Labute approximate surface area is 113 Å². The first kappa shape index (κ1) is 10.8. The molecule has 0 unspecified atom stereocenters. The van der Waals surface area contributed by atoms with Gasteiger partial charge in [0.05, 0.1) is 0 Å². The van der Waals surface area contributed by atoms with Crippen molar-refractivity contribution in [3.8, 4) is 0 Å². The third-order valence-electron chi connectivity index (χ3n) is 3.44. The van der Waals surface area contributed by atoms with Crippen LogP contribution in [0.25, 0.3) is 4.96 Å². The van der Waals surface area contributed by atoms with Crippen LogP contribution in [0.4, 0.5) is 5.69 Å². The molecule has 1 aliphatic heterocycles. The second kappa shape index (κ2) is 3.93. The van der Waals surface area contributed by atoms with Gasteiger partial charge < -0.3 is 4.90 Å². The third-order valence-corrected chi connectivity index (χ3v) is 4.22. The van der Waals surface area contributed by atoms with Gasteiger partial charge in [-0.05, 0) is 18.1 Å². The number of fused-ring (bicyclic) bond motifs is 2. The molecular formula is C14H11N3OS. The lowest BCUT2D eigenvalue weighted by molar-refractivity contribution is 0.0985. The van der Waals surface area contributed by atoms with Gasteiger partial charge in [-0.25, -0.2) is 4.98 Å². The second-order valence-electron chi connectivity index (χ2n) is 4.55. The minimum absolute atomic E-state index is 0.0131. The quantitative estimate of drug-likeness (QED) is 0.681. The van der Waals surface area contributed by atoms with Crippen molar-refractivity contribution in [2.24, 2.45) is 0 Å². The summed E-state index contributed by atoms with van der Waals surface area (Å²) in [5.74, 6) is -0.0131. The molecule has 19 heavy (non-hydrogen) atoms. The maximum Gasteiger partial charge on any atom is 0.278 e. The summed E-state index contributed by atoms with van der Waals surface area (Å²) in [4.78, 5) is 19.6. The number of carbonyl (C=O) groups is 1. The molecular weight excluding hydrogens is 258 g/mol. The summed E-state index contributed by atoms with van der Waals surface area (Å²) in [6, 6.07) is 8.06. The van der Waals surface area contributed by atoms with E-state index in [1.54, 1.807) is 6.20 Å². The highest BCUT2D eigenvalue weighted by molar-refractivity contribution is 7.15. The molecule has 3 aromatic rings. The van der Waals surface area contributed by atoms with Gasteiger partial charge in [0.1, 0.15) is 5.69 Å². The Hall–Kier alpha value is -2.14. The molecule has 1 aliphatic rings. The number of rotatable bonds is 1. The van der Waals surface area contributed by atoms with Gasteiger partial charge in [0.25, 0.3) is 5.91 Å². The fourth-order valence-electron chi connectivity index (χ4n) is 2.52. The van der Waals surface area contributed by atoms with E-state index in [1.165, 1.54) is 16.9 Å². The summed E-state index contributed by atoms with van der Waals surface area (Å²) in [6.45, 7) is 0.739. The van der Waals surface area contributed by atoms with Crippen molar-refractivity contribution in [1.29, 1.82) is 0 Å². The fraction of sp³-hybridized carbons (Fsp3) is 0.143. The molecule has 1 aromatic carbocycles. The number of imidazole rings is 1. The monoisotopic (exact) mass is 269 g/mol. The van der Waals surface area contributed by atoms with Gasteiger partial charge in [0, 0.05) is 30.0 Å². The molecule has 3 heterocycles. The van der Waals surface area contributed by atoms with Crippen molar-refractivity contribution in [1.82, 2.24) is 9.38 Å². The van der Waals surface area contributed by atoms with Crippen molar-refractivity contribution in [3.63, 3.8) is 0 Å². The molecule has 0 radical (unpaired) electrons. The number of anilines is 1. The maximum atomic E-state index is 12.5. The molecule has 2 aromatic heterocycles. The van der Waals surface area contributed by atoms with Crippen LogP contribution in [0.15, 0.2) is 42.0 Å². The first-order chi connectivity index (χ1) is 9.33. The van der Waals surface area contributed by atoms with E-state index in [0.717, 1.165) is 23.6 Å². The SMILES string of the molecule is O=C(c1cn2ccsc2n1)N1CCc2ccccc21. The molecule has 0 fully saturated rings. The number of hydrogen-bond acceptors (Lipinski definition) is 3. The number of nitrogens with zero attached hydrogens (tertiary/aromatic N) is 3. The molecule has 0 spiro atoms. The van der Waals surface area contributed by atoms with Crippen molar-refractivity contribution in [2.45, 2.75) is 6.42 Å². The van der Waals surface area contributed by atoms with E-state index in [0.29, 0.717) is 5.69 Å². The van der Waals surface area contributed by atoms with Crippen LogP contribution in [0.3, 0.4) is 0 Å². The van der Waals surface area contributed by atoms with Crippen molar-refractivity contribution in [3.05, 3.63) is 53.3 Å². The van der Waals surface area contributed by atoms with E-state index in [1.807, 2.05) is 39.1 Å². The van der Waals surface area contributed by atoms with E-state index in [-0.39, 0.29) is 5.91 Å². The number of amides is 1. The lowest BCUT2D eigenvalue weighted by Gasteiger charge is -2.15. The lowest BCUT2D eigenvalue weighted by atomic mass is 10.2. The summed E-state index contributed by atoms with van der Waals surface area (Å²) in [7, 11) is 0. The zero-order valence-corrected chi connectivity index (χ0v) is 10.9. The summed E-state index contributed by atoms with van der Waals surface area (Å²) in [5.41, 5.74) is 2.77. The van der Waals surface area contributed by atoms with E-state index in [9.17, 15) is 4.79 Å². The van der Waals surface area contributed by atoms with Crippen LogP contribution in [0.2, 0.25) is 0 Å². The fourth-order valence-corrected chi connectivity index (χ4v) is 3.22. The van der Waals surface area contributed by atoms with Crippen molar-refractivity contribution in [2.75, 3.05) is 11.4 Å². The average molecular weight is 269 g/mol. The van der Waals surface area contributed by atoms with Gasteiger partial charge in [-0.15, -0.1) is 11.3 Å². The molecule has 0 aliphatic carbocycles. The van der Waals surface area contributed by atoms with Crippen LogP contribution >= 0.6 is 11.3 Å². The van der Waals surface area contributed by atoms with Crippen LogP contribution in [-0.2, 0) is 6.42 Å². The first-order valence-corrected chi connectivity index (χ1v) is 7.03. The van der Waals surface area contributed by atoms with Crippen LogP contribution in [0.5, 0.6) is 0 Å². The average Bonchev–Trinajstić information content (AvgIpc) is 3.11. The topological polar surface area (TPSA) is 37.6 Å². The predicted molar refractivity (Wildman–Crippen MR) is 74.9 cm³/mol. The van der Waals surface area contributed by atoms with Crippen molar-refractivity contribution < 1.29 is 4.79 Å². The molecule has 1 amide bonds. The lowest BCUT2D eigenvalue weighted by Crippen LogP contribution is -2.29. The van der Waals surface area contributed by atoms with Gasteiger partial charge in [-0.1, -0.05) is 18.2 Å². The summed E-state index contributed by atoms with van der Waals surface area (Å²) < 4.78 is 1.89. The van der Waals surface area contributed by atoms with Crippen LogP contribution in [0.1, 0.15) is 16.1 Å². The Morgan fingerprint density at radius 3 is 3.11 bits per heavy atom. The Morgan fingerprint density at radius 1 is 1.32 bits per heavy atom. The highest BCUT2D eigenvalue weighted by Crippen LogP contribution is 2.28. The highest BCUT2D eigenvalue weighted by Gasteiger charge is 2.26. The Kier molecular flexibility index (Phi) is 2.22. The Balaban J connectivity index is 1.73. The molecule has 5 heteroatoms. The zero-order valence-electron chi connectivity index (χ0n) is 10.1. The number of benzene rings is 1. The number of carbonyl (C=O) groups excluding carboxylic acids is 1. The van der Waals surface area contributed by atoms with Crippen LogP contribution in [-0.4, -0.2) is 21.8 Å². The Morgan fingerprint density at radius 2 is 2.21 bits per heavy atom. The molecule has 4 rings (SSSR count). The summed E-state index contributed by atoms with van der Waals surface area (Å²) in [5, 5.41) is 1.96. The Bertz CT molecular complexity index is 745. The minimum Gasteiger partial charge on any atom is -0.306 e. The molecule has 94 valence electrons.